The minimum absolute atomic E-state index is 0.0124. The Balaban J connectivity index is 1.37. The number of para-hydroxylation sites is 1. The molecule has 3 atom stereocenters. The zero-order valence-electron chi connectivity index (χ0n) is 19.6. The summed E-state index contributed by atoms with van der Waals surface area (Å²) in [6.45, 7) is 1.87. The van der Waals surface area contributed by atoms with Gasteiger partial charge in [-0.05, 0) is 49.7 Å². The van der Waals surface area contributed by atoms with Gasteiger partial charge in [-0.15, -0.1) is 0 Å². The first-order valence-electron chi connectivity index (χ1n) is 11.6. The van der Waals surface area contributed by atoms with Crippen LogP contribution in [0, 0.1) is 0 Å². The summed E-state index contributed by atoms with van der Waals surface area (Å²) >= 11 is 0. The normalized spacial score (nSPS) is 23.7. The second-order valence-electron chi connectivity index (χ2n) is 9.20. The van der Waals surface area contributed by atoms with Crippen LogP contribution < -0.4 is 10.6 Å². The van der Waals surface area contributed by atoms with E-state index in [2.05, 4.69) is 20.4 Å². The molecule has 2 fully saturated rings. The van der Waals surface area contributed by atoms with Crippen molar-refractivity contribution in [3.8, 4) is 0 Å². The van der Waals surface area contributed by atoms with Crippen molar-refractivity contribution in [2.24, 2.45) is 0 Å². The summed E-state index contributed by atoms with van der Waals surface area (Å²) in [6, 6.07) is 16.1. The van der Waals surface area contributed by atoms with E-state index in [4.69, 9.17) is 0 Å². The molecule has 2 aliphatic heterocycles. The molecule has 9 heteroatoms. The summed E-state index contributed by atoms with van der Waals surface area (Å²) in [6.07, 6.45) is 3.10. The zero-order chi connectivity index (χ0) is 24.3. The quantitative estimate of drug-likeness (QED) is 0.623. The van der Waals surface area contributed by atoms with Gasteiger partial charge in [0.05, 0.1) is 4.90 Å². The van der Waals surface area contributed by atoms with Crippen molar-refractivity contribution in [1.82, 2.24) is 15.1 Å². The molecule has 2 aliphatic rings. The molecule has 4 rings (SSSR count). The number of amides is 2. The van der Waals surface area contributed by atoms with Gasteiger partial charge in [0, 0.05) is 50.1 Å². The van der Waals surface area contributed by atoms with E-state index < -0.39 is 9.84 Å². The van der Waals surface area contributed by atoms with E-state index in [-0.39, 0.29) is 29.9 Å². The lowest BCUT2D eigenvalue weighted by Gasteiger charge is -2.33. The maximum Gasteiger partial charge on any atom is 0.239 e. The number of sulfone groups is 1. The van der Waals surface area contributed by atoms with Gasteiger partial charge in [0.25, 0.3) is 0 Å². The number of anilines is 1. The van der Waals surface area contributed by atoms with Crippen LogP contribution in [0.2, 0.25) is 0 Å². The molecule has 2 heterocycles. The third-order valence-corrected chi connectivity index (χ3v) is 7.98. The van der Waals surface area contributed by atoms with Crippen molar-refractivity contribution in [2.75, 3.05) is 31.7 Å². The summed E-state index contributed by atoms with van der Waals surface area (Å²) in [7, 11) is -1.19. The fraction of sp³-hybridized carbons (Fsp3) is 0.440. The number of nitrogens with zero attached hydrogens (tertiary/aromatic N) is 2. The zero-order valence-corrected chi connectivity index (χ0v) is 20.4. The van der Waals surface area contributed by atoms with E-state index in [0.29, 0.717) is 30.8 Å². The average molecular weight is 485 g/mol. The van der Waals surface area contributed by atoms with Crippen LogP contribution in [0.25, 0.3) is 0 Å². The molecule has 0 saturated carbocycles. The first-order chi connectivity index (χ1) is 16.2. The van der Waals surface area contributed by atoms with Crippen molar-refractivity contribution in [3.63, 3.8) is 0 Å². The number of hydrogen-bond acceptors (Lipinski definition) is 6. The highest BCUT2D eigenvalue weighted by atomic mass is 32.2. The lowest BCUT2D eigenvalue weighted by Crippen LogP contribution is -2.49. The van der Waals surface area contributed by atoms with E-state index in [9.17, 15) is 18.0 Å². The molecular formula is C25H32N4O4S. The predicted octanol–water partition coefficient (Wildman–Crippen LogP) is 1.88. The molecule has 2 aromatic rings. The first-order valence-corrected chi connectivity index (χ1v) is 13.5. The number of carbonyl (C=O) groups excluding carboxylic acids is 2. The second kappa shape index (κ2) is 10.2. The highest BCUT2D eigenvalue weighted by molar-refractivity contribution is 7.90. The number of likely N-dealkylation sites (tertiary alicyclic amines) is 1. The van der Waals surface area contributed by atoms with E-state index >= 15 is 0 Å². The summed E-state index contributed by atoms with van der Waals surface area (Å²) < 4.78 is 23.4. The van der Waals surface area contributed by atoms with Gasteiger partial charge in [-0.25, -0.2) is 8.42 Å². The van der Waals surface area contributed by atoms with Gasteiger partial charge in [0.1, 0.15) is 6.04 Å². The van der Waals surface area contributed by atoms with Crippen molar-refractivity contribution < 1.29 is 18.0 Å². The smallest absolute Gasteiger partial charge is 0.239 e. The Labute approximate surface area is 201 Å². The summed E-state index contributed by atoms with van der Waals surface area (Å²) in [5, 5.41) is 6.01. The monoisotopic (exact) mass is 484 g/mol. The molecule has 0 spiro atoms. The number of fused-ring (bicyclic) bond motifs is 1. The number of likely N-dealkylation sites (N-methyl/N-ethyl adjacent to an activating group) is 1. The molecule has 182 valence electrons. The van der Waals surface area contributed by atoms with E-state index in [1.54, 1.807) is 12.1 Å². The predicted molar refractivity (Wildman–Crippen MR) is 131 cm³/mol. The minimum Gasteiger partial charge on any atom is -0.353 e. The Hall–Kier alpha value is -2.75. The first kappa shape index (κ1) is 24.4. The molecule has 34 heavy (non-hydrogen) atoms. The number of nitrogens with one attached hydrogen (secondary N) is 2. The number of benzene rings is 2. The summed E-state index contributed by atoms with van der Waals surface area (Å²) in [4.78, 5) is 30.1. The van der Waals surface area contributed by atoms with E-state index in [1.165, 1.54) is 6.26 Å². The van der Waals surface area contributed by atoms with Crippen molar-refractivity contribution in [1.29, 1.82) is 0 Å². The fourth-order valence-corrected chi connectivity index (χ4v) is 5.58. The molecule has 8 nitrogen and oxygen atoms in total. The number of hydrogen-bond donors (Lipinski definition) is 2. The van der Waals surface area contributed by atoms with Gasteiger partial charge in [-0.2, -0.15) is 0 Å². The SMILES string of the molecule is CN1[C@@H](CCC(=O)Nc2ccccc2)CNC(=O)[C@@H]2[C@@H]1CCN2Cc1ccc(S(C)(=O)=O)cc1. The third kappa shape index (κ3) is 5.65. The largest absolute Gasteiger partial charge is 0.353 e. The Morgan fingerprint density at radius 3 is 2.50 bits per heavy atom. The maximum absolute atomic E-state index is 13.0. The minimum atomic E-state index is -3.24. The summed E-state index contributed by atoms with van der Waals surface area (Å²) in [5.41, 5.74) is 1.76. The lowest BCUT2D eigenvalue weighted by molar-refractivity contribution is -0.126. The van der Waals surface area contributed by atoms with Gasteiger partial charge in [0.15, 0.2) is 9.84 Å². The van der Waals surface area contributed by atoms with Gasteiger partial charge >= 0.3 is 0 Å². The lowest BCUT2D eigenvalue weighted by atomic mass is 10.0. The number of rotatable bonds is 7. The van der Waals surface area contributed by atoms with Crippen LogP contribution >= 0.6 is 0 Å². The molecule has 2 aromatic carbocycles. The molecule has 2 N–H and O–H groups in total. The van der Waals surface area contributed by atoms with Gasteiger partial charge in [0.2, 0.25) is 11.8 Å². The van der Waals surface area contributed by atoms with Crippen LogP contribution in [-0.4, -0.2) is 74.6 Å². The molecule has 2 saturated heterocycles. The van der Waals surface area contributed by atoms with Crippen molar-refractivity contribution in [2.45, 2.75) is 48.8 Å². The van der Waals surface area contributed by atoms with Crippen LogP contribution in [0.3, 0.4) is 0 Å². The summed E-state index contributed by atoms with van der Waals surface area (Å²) in [5.74, 6) is -0.0179. The molecule has 0 aliphatic carbocycles. The molecule has 0 unspecified atom stereocenters. The highest BCUT2D eigenvalue weighted by Crippen LogP contribution is 2.29. The van der Waals surface area contributed by atoms with Crippen LogP contribution in [0.15, 0.2) is 59.5 Å². The average Bonchev–Trinajstić information content (AvgIpc) is 3.17. The highest BCUT2D eigenvalue weighted by Gasteiger charge is 2.44. The Morgan fingerprint density at radius 2 is 1.82 bits per heavy atom. The molecule has 0 radical (unpaired) electrons. The van der Waals surface area contributed by atoms with Gasteiger partial charge in [-0.3, -0.25) is 19.4 Å². The fourth-order valence-electron chi connectivity index (χ4n) is 4.95. The topological polar surface area (TPSA) is 98.8 Å². The van der Waals surface area contributed by atoms with Crippen LogP contribution in [0.4, 0.5) is 5.69 Å². The molecular weight excluding hydrogens is 452 g/mol. The maximum atomic E-state index is 13.0. The third-order valence-electron chi connectivity index (χ3n) is 6.85. The molecule has 0 bridgehead atoms. The van der Waals surface area contributed by atoms with E-state index in [1.807, 2.05) is 49.5 Å². The van der Waals surface area contributed by atoms with Crippen LogP contribution in [0.5, 0.6) is 0 Å². The van der Waals surface area contributed by atoms with Gasteiger partial charge < -0.3 is 10.6 Å². The van der Waals surface area contributed by atoms with Crippen LogP contribution in [-0.2, 0) is 26.0 Å². The Kier molecular flexibility index (Phi) is 7.35. The van der Waals surface area contributed by atoms with Crippen molar-refractivity contribution in [3.05, 3.63) is 60.2 Å². The number of carbonyl (C=O) groups is 2. The van der Waals surface area contributed by atoms with Crippen molar-refractivity contribution >= 4 is 27.3 Å². The van der Waals surface area contributed by atoms with Gasteiger partial charge in [-0.1, -0.05) is 30.3 Å². The Morgan fingerprint density at radius 1 is 1.12 bits per heavy atom. The van der Waals surface area contributed by atoms with E-state index in [0.717, 1.165) is 24.2 Å². The molecule has 2 amide bonds. The Bertz CT molecular complexity index is 1120. The standard InChI is InChI=1S/C25H32N4O4S/c1-28-20(10-13-23(30)27-19-6-4-3-5-7-19)16-26-25(31)24-22(28)14-15-29(24)17-18-8-11-21(12-9-18)34(2,32)33/h3-9,11-12,20,22,24H,10,13-17H2,1-2H3,(H,26,31)(H,27,30)/t20-,22-,24-/m0/s1. The second-order valence-corrected chi connectivity index (χ2v) is 11.2. The van der Waals surface area contributed by atoms with Crippen LogP contribution in [0.1, 0.15) is 24.8 Å². The molecule has 0 aromatic heterocycles.